The first-order valence-corrected chi connectivity index (χ1v) is 7.81. The third kappa shape index (κ3) is 4.14. The zero-order valence-corrected chi connectivity index (χ0v) is 13.0. The van der Waals surface area contributed by atoms with Crippen molar-refractivity contribution in [3.8, 4) is 0 Å². The normalized spacial score (nSPS) is 16.5. The molecule has 1 aromatic carbocycles. The minimum Gasteiger partial charge on any atom is -0.364 e. The average molecular weight is 297 g/mol. The Bertz CT molecular complexity index is 434. The zero-order chi connectivity index (χ0) is 15.2. The molecule has 1 aliphatic heterocycles. The number of piperazine rings is 1. The quantitative estimate of drug-likeness (QED) is 0.871. The number of anilines is 1. The van der Waals surface area contributed by atoms with Crippen molar-refractivity contribution in [1.82, 2.24) is 10.2 Å². The predicted molar refractivity (Wildman–Crippen MR) is 82.7 cm³/mol. The molecule has 21 heavy (non-hydrogen) atoms. The van der Waals surface area contributed by atoms with Crippen LogP contribution in [0.5, 0.6) is 0 Å². The largest absolute Gasteiger partial charge is 0.364 e. The lowest BCUT2D eigenvalue weighted by Crippen LogP contribution is -2.47. The molecule has 0 spiro atoms. The molecule has 118 valence electrons. The van der Waals surface area contributed by atoms with Gasteiger partial charge < -0.3 is 10.2 Å². The van der Waals surface area contributed by atoms with Crippen molar-refractivity contribution in [2.45, 2.75) is 26.8 Å². The van der Waals surface area contributed by atoms with E-state index < -0.39 is 11.6 Å². The van der Waals surface area contributed by atoms with Gasteiger partial charge in [-0.3, -0.25) is 4.90 Å². The van der Waals surface area contributed by atoms with Crippen LogP contribution in [0.25, 0.3) is 0 Å². The van der Waals surface area contributed by atoms with E-state index in [0.29, 0.717) is 25.2 Å². The summed E-state index contributed by atoms with van der Waals surface area (Å²) in [5.74, 6) is -0.904. The first-order valence-electron chi connectivity index (χ1n) is 7.81. The second kappa shape index (κ2) is 7.71. The van der Waals surface area contributed by atoms with Crippen LogP contribution in [-0.4, -0.2) is 44.2 Å². The molecule has 0 atom stereocenters. The third-order valence-electron chi connectivity index (χ3n) is 3.88. The summed E-state index contributed by atoms with van der Waals surface area (Å²) in [5.41, 5.74) is 0.784. The van der Waals surface area contributed by atoms with Crippen molar-refractivity contribution < 1.29 is 8.78 Å². The van der Waals surface area contributed by atoms with Gasteiger partial charge in [-0.2, -0.15) is 0 Å². The van der Waals surface area contributed by atoms with E-state index in [4.69, 9.17) is 0 Å². The summed E-state index contributed by atoms with van der Waals surface area (Å²) in [6.45, 7) is 9.55. The highest BCUT2D eigenvalue weighted by atomic mass is 19.1. The van der Waals surface area contributed by atoms with Crippen LogP contribution in [0.1, 0.15) is 25.8 Å². The summed E-state index contributed by atoms with van der Waals surface area (Å²) >= 11 is 0. The van der Waals surface area contributed by atoms with Gasteiger partial charge in [-0.1, -0.05) is 13.8 Å². The van der Waals surface area contributed by atoms with E-state index in [0.717, 1.165) is 32.6 Å². The van der Waals surface area contributed by atoms with Crippen molar-refractivity contribution in [1.29, 1.82) is 0 Å². The Morgan fingerprint density at radius 2 is 1.67 bits per heavy atom. The van der Waals surface area contributed by atoms with Crippen molar-refractivity contribution >= 4 is 5.69 Å². The molecule has 0 radical (unpaired) electrons. The highest BCUT2D eigenvalue weighted by Gasteiger charge is 2.22. The molecule has 0 bridgehead atoms. The molecule has 1 fully saturated rings. The van der Waals surface area contributed by atoms with E-state index in [1.165, 1.54) is 12.1 Å². The number of nitrogens with one attached hydrogen (secondary N) is 1. The fraction of sp³-hybridized carbons (Fsp3) is 0.625. The molecule has 3 nitrogen and oxygen atoms in total. The molecule has 0 unspecified atom stereocenters. The lowest BCUT2D eigenvalue weighted by atomic mass is 10.1. The second-order valence-electron chi connectivity index (χ2n) is 5.52. The predicted octanol–water partition coefficient (Wildman–Crippen LogP) is 2.61. The average Bonchev–Trinajstić information content (AvgIpc) is 2.46. The van der Waals surface area contributed by atoms with Gasteiger partial charge in [0.1, 0.15) is 17.3 Å². The van der Waals surface area contributed by atoms with Crippen LogP contribution in [0.15, 0.2) is 12.1 Å². The fourth-order valence-corrected chi connectivity index (χ4v) is 2.80. The summed E-state index contributed by atoms with van der Waals surface area (Å²) in [6, 6.07) is 2.89. The van der Waals surface area contributed by atoms with Gasteiger partial charge >= 0.3 is 0 Å². The summed E-state index contributed by atoms with van der Waals surface area (Å²) in [6.07, 6.45) is 1.11. The van der Waals surface area contributed by atoms with E-state index in [9.17, 15) is 8.78 Å². The summed E-state index contributed by atoms with van der Waals surface area (Å²) in [5, 5.41) is 3.08. The lowest BCUT2D eigenvalue weighted by Gasteiger charge is -2.36. The van der Waals surface area contributed by atoms with Crippen LogP contribution in [0.3, 0.4) is 0 Å². The lowest BCUT2D eigenvalue weighted by molar-refractivity contribution is 0.257. The zero-order valence-electron chi connectivity index (χ0n) is 13.0. The highest BCUT2D eigenvalue weighted by molar-refractivity contribution is 5.51. The van der Waals surface area contributed by atoms with Crippen LogP contribution >= 0.6 is 0 Å². The molecular formula is C16H25F2N3. The van der Waals surface area contributed by atoms with Crippen LogP contribution in [-0.2, 0) is 6.54 Å². The Morgan fingerprint density at radius 3 is 2.19 bits per heavy atom. The monoisotopic (exact) mass is 297 g/mol. The molecule has 1 aliphatic rings. The van der Waals surface area contributed by atoms with Gasteiger partial charge in [0, 0.05) is 32.7 Å². The van der Waals surface area contributed by atoms with Gasteiger partial charge in [0.15, 0.2) is 0 Å². The summed E-state index contributed by atoms with van der Waals surface area (Å²) in [7, 11) is 0. The SMILES string of the molecule is CCCN1CCN(c2c(F)cc(CNCC)cc2F)CC1. The Balaban J connectivity index is 2.06. The number of rotatable bonds is 6. The topological polar surface area (TPSA) is 18.5 Å². The molecule has 5 heteroatoms. The van der Waals surface area contributed by atoms with E-state index in [1.807, 2.05) is 11.8 Å². The van der Waals surface area contributed by atoms with Crippen molar-refractivity contribution in [2.75, 3.05) is 44.2 Å². The smallest absolute Gasteiger partial charge is 0.149 e. The molecule has 1 aromatic rings. The van der Waals surface area contributed by atoms with Gasteiger partial charge in [-0.25, -0.2) is 8.78 Å². The van der Waals surface area contributed by atoms with Crippen molar-refractivity contribution in [3.05, 3.63) is 29.3 Å². The minimum absolute atomic E-state index is 0.131. The Labute approximate surface area is 125 Å². The van der Waals surface area contributed by atoms with Gasteiger partial charge in [0.25, 0.3) is 0 Å². The van der Waals surface area contributed by atoms with Crippen LogP contribution in [0.4, 0.5) is 14.5 Å². The van der Waals surface area contributed by atoms with Crippen molar-refractivity contribution in [2.24, 2.45) is 0 Å². The highest BCUT2D eigenvalue weighted by Crippen LogP contribution is 2.26. The molecule has 1 saturated heterocycles. The van der Waals surface area contributed by atoms with E-state index >= 15 is 0 Å². The summed E-state index contributed by atoms with van der Waals surface area (Å²) < 4.78 is 28.5. The molecule has 0 aromatic heterocycles. The van der Waals surface area contributed by atoms with E-state index in [2.05, 4.69) is 17.1 Å². The molecular weight excluding hydrogens is 272 g/mol. The Kier molecular flexibility index (Phi) is 5.94. The van der Waals surface area contributed by atoms with Gasteiger partial charge in [0.2, 0.25) is 0 Å². The minimum atomic E-state index is -0.452. The van der Waals surface area contributed by atoms with Crippen molar-refractivity contribution in [3.63, 3.8) is 0 Å². The third-order valence-corrected chi connectivity index (χ3v) is 3.88. The number of hydrogen-bond acceptors (Lipinski definition) is 3. The fourth-order valence-electron chi connectivity index (χ4n) is 2.80. The maximum atomic E-state index is 14.2. The summed E-state index contributed by atoms with van der Waals surface area (Å²) in [4.78, 5) is 4.17. The van der Waals surface area contributed by atoms with Gasteiger partial charge in [-0.05, 0) is 37.2 Å². The van der Waals surface area contributed by atoms with Crippen LogP contribution in [0.2, 0.25) is 0 Å². The van der Waals surface area contributed by atoms with Gasteiger partial charge in [-0.15, -0.1) is 0 Å². The first kappa shape index (κ1) is 16.2. The van der Waals surface area contributed by atoms with E-state index in [1.54, 1.807) is 0 Å². The molecule has 1 heterocycles. The maximum Gasteiger partial charge on any atom is 0.149 e. The van der Waals surface area contributed by atoms with E-state index in [-0.39, 0.29) is 5.69 Å². The van der Waals surface area contributed by atoms with Gasteiger partial charge in [0.05, 0.1) is 0 Å². The van der Waals surface area contributed by atoms with Crippen LogP contribution in [0, 0.1) is 11.6 Å². The molecule has 0 aliphatic carbocycles. The Morgan fingerprint density at radius 1 is 1.05 bits per heavy atom. The Hall–Kier alpha value is -1.20. The number of halogens is 2. The second-order valence-corrected chi connectivity index (χ2v) is 5.52. The molecule has 0 saturated carbocycles. The van der Waals surface area contributed by atoms with Crippen LogP contribution < -0.4 is 10.2 Å². The number of nitrogens with zero attached hydrogens (tertiary/aromatic N) is 2. The number of benzene rings is 1. The molecule has 2 rings (SSSR count). The molecule has 1 N–H and O–H groups in total. The maximum absolute atomic E-state index is 14.2. The standard InChI is InChI=1S/C16H25F2N3/c1-3-5-20-6-8-21(9-7-20)16-14(17)10-13(11-15(16)18)12-19-4-2/h10-11,19H,3-9,12H2,1-2H3. The first-order chi connectivity index (χ1) is 10.2. The molecule has 0 amide bonds. The number of hydrogen-bond donors (Lipinski definition) is 1.